The fraction of sp³-hybridized carbons (Fsp3) is 0.100. The van der Waals surface area contributed by atoms with Crippen LogP contribution < -0.4 is 0 Å². The lowest BCUT2D eigenvalue weighted by Crippen LogP contribution is -1.90. The first kappa shape index (κ1) is 10.9. The SMILES string of the molecule is C/C(=C\C(=O)O)c1ccc(F)c(Br)c1. The minimum absolute atomic E-state index is 0.327. The Morgan fingerprint density at radius 3 is 2.71 bits per heavy atom. The molecule has 2 nitrogen and oxygen atoms in total. The zero-order chi connectivity index (χ0) is 10.7. The Labute approximate surface area is 89.2 Å². The molecule has 0 aliphatic heterocycles. The average Bonchev–Trinajstić information content (AvgIpc) is 2.08. The van der Waals surface area contributed by atoms with Crippen LogP contribution in [-0.2, 0) is 4.79 Å². The molecule has 0 spiro atoms. The number of benzene rings is 1. The number of aliphatic carboxylic acids is 1. The molecule has 1 rings (SSSR count). The van der Waals surface area contributed by atoms with Crippen molar-refractivity contribution < 1.29 is 14.3 Å². The zero-order valence-corrected chi connectivity index (χ0v) is 9.01. The Morgan fingerprint density at radius 1 is 1.57 bits per heavy atom. The van der Waals surface area contributed by atoms with Crippen molar-refractivity contribution in [2.45, 2.75) is 6.92 Å². The van der Waals surface area contributed by atoms with Crippen molar-refractivity contribution in [1.29, 1.82) is 0 Å². The molecule has 0 atom stereocenters. The summed E-state index contributed by atoms with van der Waals surface area (Å²) in [4.78, 5) is 10.4. The molecule has 4 heteroatoms. The molecule has 1 aromatic carbocycles. The summed E-state index contributed by atoms with van der Waals surface area (Å²) >= 11 is 3.03. The number of carboxylic acids is 1. The summed E-state index contributed by atoms with van der Waals surface area (Å²) in [5.74, 6) is -1.38. The van der Waals surface area contributed by atoms with Crippen LogP contribution in [0, 0.1) is 5.82 Å². The second-order valence-corrected chi connectivity index (χ2v) is 3.65. The summed E-state index contributed by atoms with van der Waals surface area (Å²) in [7, 11) is 0. The quantitative estimate of drug-likeness (QED) is 0.828. The van der Waals surface area contributed by atoms with E-state index in [-0.39, 0.29) is 5.82 Å². The van der Waals surface area contributed by atoms with Gasteiger partial charge in [0.2, 0.25) is 0 Å². The highest BCUT2D eigenvalue weighted by Gasteiger charge is 2.02. The monoisotopic (exact) mass is 258 g/mol. The molecule has 0 saturated heterocycles. The Kier molecular flexibility index (Phi) is 3.41. The van der Waals surface area contributed by atoms with Gasteiger partial charge in [0.25, 0.3) is 0 Å². The van der Waals surface area contributed by atoms with Crippen LogP contribution in [0.5, 0.6) is 0 Å². The first-order valence-electron chi connectivity index (χ1n) is 3.87. The standard InChI is InChI=1S/C10H8BrFO2/c1-6(4-10(13)14)7-2-3-9(12)8(11)5-7/h2-5H,1H3,(H,13,14)/b6-4+. The second kappa shape index (κ2) is 4.37. The molecular formula is C10H8BrFO2. The number of hydrogen-bond donors (Lipinski definition) is 1. The Bertz CT molecular complexity index is 399. The van der Waals surface area contributed by atoms with E-state index in [1.165, 1.54) is 12.1 Å². The molecule has 0 aliphatic rings. The zero-order valence-electron chi connectivity index (χ0n) is 7.42. The molecule has 0 amide bonds. The van der Waals surface area contributed by atoms with Gasteiger partial charge in [0.1, 0.15) is 5.82 Å². The van der Waals surface area contributed by atoms with E-state index in [0.717, 1.165) is 6.08 Å². The second-order valence-electron chi connectivity index (χ2n) is 2.79. The summed E-state index contributed by atoms with van der Waals surface area (Å²) in [6.45, 7) is 1.66. The van der Waals surface area contributed by atoms with Gasteiger partial charge in [0.15, 0.2) is 0 Å². The summed E-state index contributed by atoms with van der Waals surface area (Å²) in [6, 6.07) is 4.37. The van der Waals surface area contributed by atoms with E-state index in [0.29, 0.717) is 15.6 Å². The highest BCUT2D eigenvalue weighted by molar-refractivity contribution is 9.10. The maximum atomic E-state index is 12.8. The van der Waals surface area contributed by atoms with Crippen molar-refractivity contribution in [2.24, 2.45) is 0 Å². The van der Waals surface area contributed by atoms with Gasteiger partial charge >= 0.3 is 5.97 Å². The molecule has 74 valence electrons. The van der Waals surface area contributed by atoms with Gasteiger partial charge in [0.05, 0.1) is 4.47 Å². The molecule has 0 aromatic heterocycles. The van der Waals surface area contributed by atoms with Gasteiger partial charge in [-0.2, -0.15) is 0 Å². The van der Waals surface area contributed by atoms with Crippen molar-refractivity contribution in [3.63, 3.8) is 0 Å². The lowest BCUT2D eigenvalue weighted by atomic mass is 10.1. The maximum Gasteiger partial charge on any atom is 0.328 e. The predicted molar refractivity (Wildman–Crippen MR) is 55.4 cm³/mol. The van der Waals surface area contributed by atoms with Gasteiger partial charge in [-0.05, 0) is 46.1 Å². The van der Waals surface area contributed by atoms with Gasteiger partial charge < -0.3 is 5.11 Å². The fourth-order valence-corrected chi connectivity index (χ4v) is 1.39. The largest absolute Gasteiger partial charge is 0.478 e. The van der Waals surface area contributed by atoms with Crippen LogP contribution in [0.3, 0.4) is 0 Å². The predicted octanol–water partition coefficient (Wildman–Crippen LogP) is 3.08. The number of hydrogen-bond acceptors (Lipinski definition) is 1. The lowest BCUT2D eigenvalue weighted by molar-refractivity contribution is -0.131. The van der Waals surface area contributed by atoms with Crippen molar-refractivity contribution in [1.82, 2.24) is 0 Å². The Morgan fingerprint density at radius 2 is 2.21 bits per heavy atom. The number of carbonyl (C=O) groups is 1. The van der Waals surface area contributed by atoms with E-state index in [2.05, 4.69) is 15.9 Å². The van der Waals surface area contributed by atoms with Crippen molar-refractivity contribution in [2.75, 3.05) is 0 Å². The Hall–Kier alpha value is -1.16. The van der Waals surface area contributed by atoms with Crippen LogP contribution >= 0.6 is 15.9 Å². The molecule has 0 saturated carbocycles. The highest BCUT2D eigenvalue weighted by Crippen LogP contribution is 2.21. The minimum atomic E-state index is -1.01. The minimum Gasteiger partial charge on any atom is -0.478 e. The molecule has 0 unspecified atom stereocenters. The first-order chi connectivity index (χ1) is 6.50. The number of halogens is 2. The lowest BCUT2D eigenvalue weighted by Gasteiger charge is -2.01. The van der Waals surface area contributed by atoms with Gasteiger partial charge in [-0.1, -0.05) is 6.07 Å². The van der Waals surface area contributed by atoms with E-state index in [1.807, 2.05) is 0 Å². The third-order valence-electron chi connectivity index (χ3n) is 1.71. The van der Waals surface area contributed by atoms with E-state index in [9.17, 15) is 9.18 Å². The summed E-state index contributed by atoms with van der Waals surface area (Å²) in [5.41, 5.74) is 1.26. The average molecular weight is 259 g/mol. The fourth-order valence-electron chi connectivity index (χ4n) is 1.01. The van der Waals surface area contributed by atoms with E-state index < -0.39 is 5.97 Å². The molecule has 1 N–H and O–H groups in total. The summed E-state index contributed by atoms with van der Waals surface area (Å²) in [6.07, 6.45) is 1.08. The third-order valence-corrected chi connectivity index (χ3v) is 2.32. The van der Waals surface area contributed by atoms with Gasteiger partial charge in [-0.15, -0.1) is 0 Å². The Balaban J connectivity index is 3.09. The highest BCUT2D eigenvalue weighted by atomic mass is 79.9. The molecule has 0 radical (unpaired) electrons. The molecule has 0 heterocycles. The smallest absolute Gasteiger partial charge is 0.328 e. The first-order valence-corrected chi connectivity index (χ1v) is 4.66. The van der Waals surface area contributed by atoms with Crippen LogP contribution in [0.4, 0.5) is 4.39 Å². The van der Waals surface area contributed by atoms with Crippen LogP contribution in [0.2, 0.25) is 0 Å². The normalized spacial score (nSPS) is 11.5. The number of carboxylic acid groups (broad SMARTS) is 1. The summed E-state index contributed by atoms with van der Waals surface area (Å²) in [5, 5.41) is 8.51. The molecule has 1 aromatic rings. The van der Waals surface area contributed by atoms with Crippen LogP contribution in [0.1, 0.15) is 12.5 Å². The number of rotatable bonds is 2. The van der Waals surface area contributed by atoms with Crippen LogP contribution in [-0.4, -0.2) is 11.1 Å². The van der Waals surface area contributed by atoms with Gasteiger partial charge in [0, 0.05) is 6.08 Å². The number of allylic oxidation sites excluding steroid dienone is 1. The molecule has 0 aliphatic carbocycles. The van der Waals surface area contributed by atoms with Gasteiger partial charge in [-0.3, -0.25) is 0 Å². The van der Waals surface area contributed by atoms with E-state index in [1.54, 1.807) is 13.0 Å². The molecule has 14 heavy (non-hydrogen) atoms. The van der Waals surface area contributed by atoms with Crippen LogP contribution in [0.15, 0.2) is 28.7 Å². The van der Waals surface area contributed by atoms with Crippen molar-refractivity contribution >= 4 is 27.5 Å². The van der Waals surface area contributed by atoms with Crippen molar-refractivity contribution in [3.05, 3.63) is 40.1 Å². The van der Waals surface area contributed by atoms with Crippen LogP contribution in [0.25, 0.3) is 5.57 Å². The molecular weight excluding hydrogens is 251 g/mol. The van der Waals surface area contributed by atoms with Gasteiger partial charge in [-0.25, -0.2) is 9.18 Å². The van der Waals surface area contributed by atoms with E-state index in [4.69, 9.17) is 5.11 Å². The molecule has 0 bridgehead atoms. The summed E-state index contributed by atoms with van der Waals surface area (Å²) < 4.78 is 13.2. The maximum absolute atomic E-state index is 12.8. The van der Waals surface area contributed by atoms with Crippen molar-refractivity contribution in [3.8, 4) is 0 Å². The van der Waals surface area contributed by atoms with E-state index >= 15 is 0 Å². The molecule has 0 fully saturated rings. The topological polar surface area (TPSA) is 37.3 Å². The third kappa shape index (κ3) is 2.67.